The molecule has 1 saturated heterocycles. The van der Waals surface area contributed by atoms with Crippen molar-refractivity contribution in [1.29, 1.82) is 0 Å². The van der Waals surface area contributed by atoms with Gasteiger partial charge < -0.3 is 14.8 Å². The number of H-pyrrole nitrogens is 1. The zero-order valence-electron chi connectivity index (χ0n) is 15.8. The highest BCUT2D eigenvalue weighted by atomic mass is 19.1. The summed E-state index contributed by atoms with van der Waals surface area (Å²) in [5.74, 6) is -0.421. The molecule has 3 heterocycles. The number of nitrogens with one attached hydrogen (secondary N) is 2. The van der Waals surface area contributed by atoms with E-state index in [1.807, 2.05) is 15.9 Å². The van der Waals surface area contributed by atoms with E-state index in [1.165, 1.54) is 19.2 Å². The maximum Gasteiger partial charge on any atom is 0.277 e. The smallest absolute Gasteiger partial charge is 0.277 e. The normalized spacial score (nSPS) is 16.2. The molecule has 0 atom stereocenters. The van der Waals surface area contributed by atoms with Crippen molar-refractivity contribution in [2.75, 3.05) is 31.6 Å². The Morgan fingerprint density at radius 3 is 2.64 bits per heavy atom. The van der Waals surface area contributed by atoms with Crippen molar-refractivity contribution in [3.8, 4) is 0 Å². The van der Waals surface area contributed by atoms with Crippen LogP contribution in [0.2, 0.25) is 0 Å². The van der Waals surface area contributed by atoms with Gasteiger partial charge in [-0.05, 0) is 55.5 Å². The van der Waals surface area contributed by atoms with E-state index in [1.54, 1.807) is 6.07 Å². The molecule has 7 nitrogen and oxygen atoms in total. The number of rotatable bonds is 4. The van der Waals surface area contributed by atoms with Gasteiger partial charge in [0.25, 0.3) is 11.8 Å². The van der Waals surface area contributed by atoms with E-state index >= 15 is 0 Å². The predicted molar refractivity (Wildman–Crippen MR) is 102 cm³/mol. The minimum Gasteiger partial charge on any atom is -0.337 e. The number of hydrogen-bond acceptors (Lipinski definition) is 4. The standard InChI is InChI=1S/C20H23FN4O3/c1-28-23-19(26)15-7-6-14(12-16(15)21)25-10-4-5-13-11-17(22-18(13)25)20(27)24-8-2-3-9-24/h6-7,11-12,22H,2-5,8-10H2,1H3,(H,23,26). The molecule has 2 aromatic rings. The van der Waals surface area contributed by atoms with E-state index in [9.17, 15) is 14.0 Å². The third-order valence-electron chi connectivity index (χ3n) is 5.30. The Bertz CT molecular complexity index is 905. The van der Waals surface area contributed by atoms with Crippen LogP contribution in [0.25, 0.3) is 0 Å². The molecule has 0 unspecified atom stereocenters. The Kier molecular flexibility index (Phi) is 5.04. The van der Waals surface area contributed by atoms with Gasteiger partial charge in [-0.1, -0.05) is 0 Å². The summed E-state index contributed by atoms with van der Waals surface area (Å²) in [5, 5.41) is 0. The third kappa shape index (κ3) is 3.35. The summed E-state index contributed by atoms with van der Waals surface area (Å²) in [6.45, 7) is 2.29. The van der Waals surface area contributed by atoms with E-state index in [0.29, 0.717) is 17.9 Å². The first-order valence-corrected chi connectivity index (χ1v) is 9.50. The van der Waals surface area contributed by atoms with Gasteiger partial charge in [-0.2, -0.15) is 0 Å². The maximum atomic E-state index is 14.5. The molecule has 1 aromatic carbocycles. The average molecular weight is 386 g/mol. The van der Waals surface area contributed by atoms with Crippen LogP contribution in [0.1, 0.15) is 45.7 Å². The second kappa shape index (κ2) is 7.63. The van der Waals surface area contributed by atoms with E-state index in [4.69, 9.17) is 0 Å². The Hall–Kier alpha value is -2.87. The molecule has 0 bridgehead atoms. The van der Waals surface area contributed by atoms with Crippen molar-refractivity contribution < 1.29 is 18.8 Å². The lowest BCUT2D eigenvalue weighted by atomic mass is 10.1. The first-order valence-electron chi connectivity index (χ1n) is 9.50. The highest BCUT2D eigenvalue weighted by molar-refractivity contribution is 5.95. The molecule has 8 heteroatoms. The van der Waals surface area contributed by atoms with Crippen molar-refractivity contribution in [1.82, 2.24) is 15.4 Å². The molecule has 0 aliphatic carbocycles. The summed E-state index contributed by atoms with van der Waals surface area (Å²) >= 11 is 0. The number of nitrogens with zero attached hydrogens (tertiary/aromatic N) is 2. The number of aromatic nitrogens is 1. The van der Waals surface area contributed by atoms with Crippen molar-refractivity contribution in [3.05, 3.63) is 46.9 Å². The topological polar surface area (TPSA) is 77.7 Å². The minimum absolute atomic E-state index is 0.0182. The van der Waals surface area contributed by atoms with E-state index < -0.39 is 11.7 Å². The van der Waals surface area contributed by atoms with E-state index in [2.05, 4.69) is 15.3 Å². The molecule has 2 amide bonds. The molecule has 2 aliphatic rings. The molecule has 28 heavy (non-hydrogen) atoms. The second-order valence-corrected chi connectivity index (χ2v) is 7.11. The van der Waals surface area contributed by atoms with Gasteiger partial charge in [-0.15, -0.1) is 0 Å². The molecule has 1 fully saturated rings. The Morgan fingerprint density at radius 1 is 1.14 bits per heavy atom. The molecular weight excluding hydrogens is 363 g/mol. The lowest BCUT2D eigenvalue weighted by Crippen LogP contribution is -2.28. The number of aryl methyl sites for hydroxylation is 1. The molecule has 0 saturated carbocycles. The molecule has 2 N–H and O–H groups in total. The Balaban J connectivity index is 1.62. The average Bonchev–Trinajstić information content (AvgIpc) is 3.37. The van der Waals surface area contributed by atoms with Crippen LogP contribution < -0.4 is 10.4 Å². The summed E-state index contributed by atoms with van der Waals surface area (Å²) in [4.78, 5) is 36.2. The number of benzene rings is 1. The van der Waals surface area contributed by atoms with Crippen molar-refractivity contribution >= 4 is 23.3 Å². The Labute approximate surface area is 162 Å². The fourth-order valence-electron chi connectivity index (χ4n) is 3.93. The first-order chi connectivity index (χ1) is 13.6. The lowest BCUT2D eigenvalue weighted by Gasteiger charge is -2.29. The summed E-state index contributed by atoms with van der Waals surface area (Å²) in [5.41, 5.74) is 4.30. The summed E-state index contributed by atoms with van der Waals surface area (Å²) in [7, 11) is 1.30. The summed E-state index contributed by atoms with van der Waals surface area (Å²) in [6.07, 6.45) is 3.85. The van der Waals surface area contributed by atoms with Crippen LogP contribution in [-0.4, -0.2) is 48.4 Å². The quantitative estimate of drug-likeness (QED) is 0.792. The van der Waals surface area contributed by atoms with Gasteiger partial charge in [-0.25, -0.2) is 9.87 Å². The number of hydroxylamine groups is 1. The number of aromatic amines is 1. The SMILES string of the molecule is CONC(=O)c1ccc(N2CCCc3cc(C(=O)N4CCCC4)[nH]c32)cc1F. The number of anilines is 2. The molecule has 4 rings (SSSR count). The van der Waals surface area contributed by atoms with Gasteiger partial charge in [0.2, 0.25) is 0 Å². The van der Waals surface area contributed by atoms with Gasteiger partial charge >= 0.3 is 0 Å². The number of carbonyl (C=O) groups excluding carboxylic acids is 2. The summed E-state index contributed by atoms with van der Waals surface area (Å²) < 4.78 is 14.5. The number of carbonyl (C=O) groups is 2. The van der Waals surface area contributed by atoms with Crippen LogP contribution in [0, 0.1) is 5.82 Å². The Morgan fingerprint density at radius 2 is 1.93 bits per heavy atom. The van der Waals surface area contributed by atoms with Gasteiger partial charge in [0, 0.05) is 25.3 Å². The number of halogens is 1. The third-order valence-corrected chi connectivity index (χ3v) is 5.30. The fraction of sp³-hybridized carbons (Fsp3) is 0.400. The molecule has 1 aromatic heterocycles. The van der Waals surface area contributed by atoms with Crippen LogP contribution in [0.15, 0.2) is 24.3 Å². The van der Waals surface area contributed by atoms with Crippen molar-refractivity contribution in [3.63, 3.8) is 0 Å². The predicted octanol–water partition coefficient (Wildman–Crippen LogP) is 2.77. The summed E-state index contributed by atoms with van der Waals surface area (Å²) in [6, 6.07) is 6.39. The fourth-order valence-corrected chi connectivity index (χ4v) is 3.93. The van der Waals surface area contributed by atoms with Crippen LogP contribution in [0.3, 0.4) is 0 Å². The van der Waals surface area contributed by atoms with Crippen molar-refractivity contribution in [2.24, 2.45) is 0 Å². The zero-order valence-corrected chi connectivity index (χ0v) is 15.8. The lowest BCUT2D eigenvalue weighted by molar-refractivity contribution is 0.0533. The molecule has 148 valence electrons. The highest BCUT2D eigenvalue weighted by Crippen LogP contribution is 2.34. The molecule has 0 spiro atoms. The van der Waals surface area contributed by atoms with Crippen molar-refractivity contribution in [2.45, 2.75) is 25.7 Å². The number of amides is 2. The molecule has 2 aliphatic heterocycles. The van der Waals surface area contributed by atoms with Crippen LogP contribution in [0.4, 0.5) is 15.9 Å². The van der Waals surface area contributed by atoms with E-state index in [0.717, 1.165) is 50.2 Å². The molecule has 0 radical (unpaired) electrons. The van der Waals surface area contributed by atoms with Crippen LogP contribution in [0.5, 0.6) is 0 Å². The van der Waals surface area contributed by atoms with Gasteiger partial charge in [-0.3, -0.25) is 14.4 Å². The van der Waals surface area contributed by atoms with Gasteiger partial charge in [0.1, 0.15) is 17.3 Å². The minimum atomic E-state index is -0.635. The van der Waals surface area contributed by atoms with Crippen LogP contribution >= 0.6 is 0 Å². The number of hydrogen-bond donors (Lipinski definition) is 2. The number of fused-ring (bicyclic) bond motifs is 1. The number of likely N-dealkylation sites (tertiary alicyclic amines) is 1. The second-order valence-electron chi connectivity index (χ2n) is 7.11. The van der Waals surface area contributed by atoms with E-state index in [-0.39, 0.29) is 11.5 Å². The first kappa shape index (κ1) is 18.5. The molecular formula is C20H23FN4O3. The maximum absolute atomic E-state index is 14.5. The van der Waals surface area contributed by atoms with Gasteiger partial charge in [0.05, 0.1) is 12.7 Å². The van der Waals surface area contributed by atoms with Gasteiger partial charge in [0.15, 0.2) is 0 Å². The zero-order chi connectivity index (χ0) is 19.7. The highest BCUT2D eigenvalue weighted by Gasteiger charge is 2.27. The van der Waals surface area contributed by atoms with Crippen LogP contribution in [-0.2, 0) is 11.3 Å². The largest absolute Gasteiger partial charge is 0.337 e. The monoisotopic (exact) mass is 386 g/mol.